The number of hydrogen-bond donors (Lipinski definition) is 1. The Morgan fingerprint density at radius 2 is 1.60 bits per heavy atom. The van der Waals surface area contributed by atoms with Gasteiger partial charge in [-0.1, -0.05) is 52.9 Å². The van der Waals surface area contributed by atoms with Crippen LogP contribution in [0.1, 0.15) is 11.1 Å². The molecule has 25 heavy (non-hydrogen) atoms. The number of rotatable bonds is 6. The maximum Gasteiger partial charge on any atom is 0.206 e. The lowest BCUT2D eigenvalue weighted by molar-refractivity contribution is 0.596. The molecular weight excluding hydrogens is 374 g/mol. The van der Waals surface area contributed by atoms with Crippen molar-refractivity contribution in [2.24, 2.45) is 0 Å². The van der Waals surface area contributed by atoms with E-state index < -0.39 is 9.84 Å². The second-order valence-electron chi connectivity index (χ2n) is 5.37. The number of thioether (sulfide) groups is 1. The molecule has 3 rings (SSSR count). The lowest BCUT2D eigenvalue weighted by Gasteiger charge is -2.06. The summed E-state index contributed by atoms with van der Waals surface area (Å²) in [7, 11) is -1.67. The third-order valence-corrected chi connectivity index (χ3v) is 7.48. The van der Waals surface area contributed by atoms with Crippen LogP contribution in [0.25, 0.3) is 0 Å². The summed E-state index contributed by atoms with van der Waals surface area (Å²) < 4.78 is 26.2. The van der Waals surface area contributed by atoms with Gasteiger partial charge >= 0.3 is 0 Å². The molecule has 5 nitrogen and oxygen atoms in total. The molecule has 0 amide bonds. The highest BCUT2D eigenvalue weighted by Gasteiger charge is 2.17. The van der Waals surface area contributed by atoms with Crippen molar-refractivity contribution in [2.45, 2.75) is 26.8 Å². The average Bonchev–Trinajstić information content (AvgIpc) is 3.09. The van der Waals surface area contributed by atoms with Gasteiger partial charge in [0, 0.05) is 12.8 Å². The number of nitrogens with zero attached hydrogens (tertiary/aromatic N) is 2. The van der Waals surface area contributed by atoms with Crippen molar-refractivity contribution in [3.8, 4) is 0 Å². The first kappa shape index (κ1) is 17.9. The van der Waals surface area contributed by atoms with Crippen LogP contribution in [0.4, 0.5) is 5.13 Å². The molecule has 1 aromatic heterocycles. The first-order valence-electron chi connectivity index (χ1n) is 7.54. The number of sulfone groups is 1. The summed E-state index contributed by atoms with van der Waals surface area (Å²) in [6.45, 7) is 1.93. The minimum absolute atomic E-state index is 0.304. The Labute approximate surface area is 155 Å². The Morgan fingerprint density at radius 3 is 2.16 bits per heavy atom. The molecule has 0 bridgehead atoms. The van der Waals surface area contributed by atoms with Gasteiger partial charge in [-0.3, -0.25) is 0 Å². The van der Waals surface area contributed by atoms with Gasteiger partial charge in [0.25, 0.3) is 0 Å². The van der Waals surface area contributed by atoms with Crippen LogP contribution in [0, 0.1) is 6.92 Å². The zero-order valence-corrected chi connectivity index (χ0v) is 16.2. The van der Waals surface area contributed by atoms with Crippen LogP contribution in [0.3, 0.4) is 0 Å². The highest BCUT2D eigenvalue weighted by molar-refractivity contribution is 8.00. The van der Waals surface area contributed by atoms with Gasteiger partial charge in [-0.2, -0.15) is 0 Å². The molecule has 8 heteroatoms. The Morgan fingerprint density at radius 1 is 1.00 bits per heavy atom. The van der Waals surface area contributed by atoms with Crippen molar-refractivity contribution in [3.63, 3.8) is 0 Å². The number of benzene rings is 2. The van der Waals surface area contributed by atoms with Crippen molar-refractivity contribution >= 4 is 38.1 Å². The molecule has 0 fully saturated rings. The smallest absolute Gasteiger partial charge is 0.206 e. The number of aryl methyl sites for hydroxylation is 1. The molecule has 0 unspecified atom stereocenters. The molecule has 130 valence electrons. The zero-order chi connectivity index (χ0) is 17.9. The van der Waals surface area contributed by atoms with Crippen molar-refractivity contribution in [3.05, 3.63) is 59.7 Å². The Bertz CT molecular complexity index is 950. The fourth-order valence-electron chi connectivity index (χ4n) is 2.13. The molecule has 2 aromatic carbocycles. The summed E-state index contributed by atoms with van der Waals surface area (Å²) in [5.41, 5.74) is 2.07. The summed E-state index contributed by atoms with van der Waals surface area (Å²) in [4.78, 5) is 0.618. The topological polar surface area (TPSA) is 72.0 Å². The van der Waals surface area contributed by atoms with E-state index >= 15 is 0 Å². The van der Waals surface area contributed by atoms with Gasteiger partial charge in [0.05, 0.1) is 9.79 Å². The van der Waals surface area contributed by atoms with Crippen molar-refractivity contribution in [1.29, 1.82) is 0 Å². The Hall–Kier alpha value is -1.90. The molecule has 0 spiro atoms. The minimum Gasteiger partial charge on any atom is -0.363 e. The molecule has 0 saturated carbocycles. The molecule has 0 aliphatic rings. The molecular formula is C17H17N3O2S3. The summed E-state index contributed by atoms with van der Waals surface area (Å²) >= 11 is 3.07. The van der Waals surface area contributed by atoms with Gasteiger partial charge in [-0.05, 0) is 36.8 Å². The van der Waals surface area contributed by atoms with E-state index in [1.54, 1.807) is 48.2 Å². The van der Waals surface area contributed by atoms with Crippen LogP contribution < -0.4 is 5.32 Å². The van der Waals surface area contributed by atoms with Gasteiger partial charge in [0.15, 0.2) is 4.34 Å². The van der Waals surface area contributed by atoms with Crippen LogP contribution in [0.15, 0.2) is 62.7 Å². The van der Waals surface area contributed by atoms with Crippen LogP contribution in [-0.2, 0) is 15.6 Å². The lowest BCUT2D eigenvalue weighted by Crippen LogP contribution is -2.02. The highest BCUT2D eigenvalue weighted by Crippen LogP contribution is 2.29. The zero-order valence-electron chi connectivity index (χ0n) is 13.8. The van der Waals surface area contributed by atoms with Gasteiger partial charge in [0.1, 0.15) is 0 Å². The van der Waals surface area contributed by atoms with Gasteiger partial charge < -0.3 is 5.32 Å². The first-order chi connectivity index (χ1) is 12.0. The third kappa shape index (κ3) is 4.20. The van der Waals surface area contributed by atoms with Crippen molar-refractivity contribution < 1.29 is 8.42 Å². The molecule has 3 aromatic rings. The van der Waals surface area contributed by atoms with Crippen LogP contribution >= 0.6 is 23.1 Å². The van der Waals surface area contributed by atoms with E-state index in [-0.39, 0.29) is 0 Å². The predicted molar refractivity (Wildman–Crippen MR) is 102 cm³/mol. The summed E-state index contributed by atoms with van der Waals surface area (Å²) in [5.74, 6) is 0.712. The predicted octanol–water partition coefficient (Wildman–Crippen LogP) is 4.01. The molecule has 1 heterocycles. The first-order valence-corrected chi connectivity index (χ1v) is 10.8. The normalized spacial score (nSPS) is 11.4. The van der Waals surface area contributed by atoms with E-state index in [0.717, 1.165) is 20.6 Å². The number of aromatic nitrogens is 2. The lowest BCUT2D eigenvalue weighted by atomic mass is 10.2. The van der Waals surface area contributed by atoms with Crippen LogP contribution in [0.5, 0.6) is 0 Å². The maximum absolute atomic E-state index is 12.6. The standard InChI is InChI=1S/C17H17N3O2S3/c1-12-3-7-14(8-4-12)25(21,22)15-9-5-13(6-10-15)11-23-17-20-19-16(18-2)24-17/h3-10H,11H2,1-2H3,(H,18,19). The second kappa shape index (κ2) is 7.55. The number of anilines is 1. The Kier molecular flexibility index (Phi) is 5.41. The van der Waals surface area contributed by atoms with E-state index in [1.807, 2.05) is 26.1 Å². The highest BCUT2D eigenvalue weighted by atomic mass is 32.2. The maximum atomic E-state index is 12.6. The molecule has 0 aliphatic heterocycles. The Balaban J connectivity index is 1.72. The van der Waals surface area contributed by atoms with E-state index in [1.165, 1.54) is 11.3 Å². The SMILES string of the molecule is CNc1nnc(SCc2ccc(S(=O)(=O)c3ccc(C)cc3)cc2)s1. The van der Waals surface area contributed by atoms with E-state index in [0.29, 0.717) is 15.5 Å². The van der Waals surface area contributed by atoms with Gasteiger partial charge in [-0.15, -0.1) is 10.2 Å². The summed E-state index contributed by atoms with van der Waals surface area (Å²) in [6, 6.07) is 13.9. The van der Waals surface area contributed by atoms with Gasteiger partial charge in [-0.25, -0.2) is 8.42 Å². The third-order valence-electron chi connectivity index (χ3n) is 3.55. The molecule has 1 N–H and O–H groups in total. The summed E-state index contributed by atoms with van der Waals surface area (Å²) in [6.07, 6.45) is 0. The second-order valence-corrected chi connectivity index (χ2v) is 9.52. The monoisotopic (exact) mass is 391 g/mol. The van der Waals surface area contributed by atoms with Crippen molar-refractivity contribution in [1.82, 2.24) is 10.2 Å². The van der Waals surface area contributed by atoms with E-state index in [2.05, 4.69) is 15.5 Å². The number of hydrogen-bond acceptors (Lipinski definition) is 7. The van der Waals surface area contributed by atoms with Crippen LogP contribution in [-0.4, -0.2) is 25.7 Å². The molecule has 0 aliphatic carbocycles. The minimum atomic E-state index is -3.48. The fourth-order valence-corrected chi connectivity index (χ4v) is 5.05. The van der Waals surface area contributed by atoms with Gasteiger partial charge in [0.2, 0.25) is 15.0 Å². The fraction of sp³-hybridized carbons (Fsp3) is 0.176. The number of nitrogens with one attached hydrogen (secondary N) is 1. The largest absolute Gasteiger partial charge is 0.363 e. The molecule has 0 atom stereocenters. The molecule has 0 radical (unpaired) electrons. The summed E-state index contributed by atoms with van der Waals surface area (Å²) in [5, 5.41) is 11.8. The van der Waals surface area contributed by atoms with Crippen molar-refractivity contribution in [2.75, 3.05) is 12.4 Å². The average molecular weight is 392 g/mol. The van der Waals surface area contributed by atoms with E-state index in [4.69, 9.17) is 0 Å². The quantitative estimate of drug-likeness (QED) is 0.640. The molecule has 0 saturated heterocycles. The van der Waals surface area contributed by atoms with Crippen LogP contribution in [0.2, 0.25) is 0 Å². The van der Waals surface area contributed by atoms with E-state index in [9.17, 15) is 8.42 Å².